The van der Waals surface area contributed by atoms with Crippen molar-refractivity contribution in [3.05, 3.63) is 12.2 Å². The van der Waals surface area contributed by atoms with E-state index in [0.717, 1.165) is 0 Å². The highest BCUT2D eigenvalue weighted by molar-refractivity contribution is 4.81. The minimum Gasteiger partial charge on any atom is -0.0885 e. The van der Waals surface area contributed by atoms with Gasteiger partial charge in [-0.3, -0.25) is 0 Å². The smallest absolute Gasteiger partial charge is 0.0351 e. The van der Waals surface area contributed by atoms with Crippen LogP contribution in [-0.2, 0) is 0 Å². The van der Waals surface area contributed by atoms with Crippen molar-refractivity contribution in [3.8, 4) is 0 Å². The van der Waals surface area contributed by atoms with Crippen molar-refractivity contribution in [1.82, 2.24) is 0 Å². The Kier molecular flexibility index (Phi) is 18.5. The van der Waals surface area contributed by atoms with Gasteiger partial charge in [0.2, 0.25) is 0 Å². The number of rotatable bonds is 16. The molecule has 20 heavy (non-hydrogen) atoms. The fraction of sp³-hybridized carbons (Fsp3) is 0.900. The van der Waals surface area contributed by atoms with Crippen molar-refractivity contribution < 1.29 is 0 Å². The monoisotopic (exact) mass is 280 g/mol. The van der Waals surface area contributed by atoms with E-state index in [4.69, 9.17) is 0 Å². The molecule has 0 N–H and O–H groups in total. The van der Waals surface area contributed by atoms with Crippen LogP contribution in [-0.4, -0.2) is 0 Å². The highest BCUT2D eigenvalue weighted by Crippen LogP contribution is 2.10. The normalized spacial score (nSPS) is 11.5. The fourth-order valence-corrected chi connectivity index (χ4v) is 2.67. The Bertz CT molecular complexity index is 160. The van der Waals surface area contributed by atoms with Gasteiger partial charge in [-0.15, -0.1) is 0 Å². The molecule has 0 rings (SSSR count). The van der Waals surface area contributed by atoms with Crippen LogP contribution >= 0.6 is 0 Å². The number of allylic oxidation sites excluding steroid dienone is 2. The molecule has 0 amide bonds. The van der Waals surface area contributed by atoms with Crippen LogP contribution in [0.1, 0.15) is 117 Å². The number of hydrogen-bond donors (Lipinski definition) is 0. The lowest BCUT2D eigenvalue weighted by Gasteiger charge is -1.99. The maximum atomic E-state index is 2.42. The Labute approximate surface area is 129 Å². The standard InChI is InChI=1S/C20H40/c1-3-5-7-9-11-13-15-17-19-20-18-16-14-12-10-8-6-4-2/h19-20H,3-18H2,1-2H3. The SMILES string of the molecule is CCCCCCCCCC=CCCCCCCCCC. The van der Waals surface area contributed by atoms with Gasteiger partial charge in [0.1, 0.15) is 0 Å². The molecular weight excluding hydrogens is 240 g/mol. The quantitative estimate of drug-likeness (QED) is 0.200. The molecule has 0 saturated carbocycles. The molecule has 0 atom stereocenters. The van der Waals surface area contributed by atoms with E-state index in [0.29, 0.717) is 0 Å². The second kappa shape index (κ2) is 18.7. The molecule has 0 aromatic carbocycles. The Morgan fingerprint density at radius 2 is 0.700 bits per heavy atom. The zero-order chi connectivity index (χ0) is 14.7. The largest absolute Gasteiger partial charge is 0.0885 e. The average molecular weight is 281 g/mol. The first-order valence-corrected chi connectivity index (χ1v) is 9.56. The molecule has 0 heteroatoms. The van der Waals surface area contributed by atoms with Crippen molar-refractivity contribution in [3.63, 3.8) is 0 Å². The minimum absolute atomic E-state index is 1.31. The van der Waals surface area contributed by atoms with Gasteiger partial charge in [-0.2, -0.15) is 0 Å². The first kappa shape index (κ1) is 19.7. The van der Waals surface area contributed by atoms with Gasteiger partial charge < -0.3 is 0 Å². The van der Waals surface area contributed by atoms with Crippen molar-refractivity contribution in [2.45, 2.75) is 117 Å². The lowest BCUT2D eigenvalue weighted by Crippen LogP contribution is -1.80. The van der Waals surface area contributed by atoms with Gasteiger partial charge in [0.25, 0.3) is 0 Å². The number of hydrogen-bond acceptors (Lipinski definition) is 0. The molecule has 0 bridgehead atoms. The van der Waals surface area contributed by atoms with Crippen LogP contribution in [0, 0.1) is 0 Å². The molecule has 0 fully saturated rings. The van der Waals surface area contributed by atoms with Gasteiger partial charge in [0.05, 0.1) is 0 Å². The lowest BCUT2D eigenvalue weighted by molar-refractivity contribution is 0.588. The van der Waals surface area contributed by atoms with E-state index in [1.54, 1.807) is 0 Å². The van der Waals surface area contributed by atoms with Crippen molar-refractivity contribution in [2.24, 2.45) is 0 Å². The predicted octanol–water partition coefficient (Wildman–Crippen LogP) is 7.82. The van der Waals surface area contributed by atoms with E-state index < -0.39 is 0 Å². The molecular formula is C20H40. The summed E-state index contributed by atoms with van der Waals surface area (Å²) in [5, 5.41) is 0. The Morgan fingerprint density at radius 1 is 0.400 bits per heavy atom. The van der Waals surface area contributed by atoms with Crippen LogP contribution in [0.3, 0.4) is 0 Å². The molecule has 0 radical (unpaired) electrons. The summed E-state index contributed by atoms with van der Waals surface area (Å²) < 4.78 is 0. The highest BCUT2D eigenvalue weighted by Gasteiger charge is 1.90. The van der Waals surface area contributed by atoms with Gasteiger partial charge in [0.15, 0.2) is 0 Å². The van der Waals surface area contributed by atoms with E-state index in [-0.39, 0.29) is 0 Å². The van der Waals surface area contributed by atoms with Crippen LogP contribution in [0.4, 0.5) is 0 Å². The maximum Gasteiger partial charge on any atom is -0.0351 e. The molecule has 0 unspecified atom stereocenters. The second-order valence-electron chi connectivity index (χ2n) is 6.29. The highest BCUT2D eigenvalue weighted by atomic mass is 14.0. The van der Waals surface area contributed by atoms with E-state index >= 15 is 0 Å². The van der Waals surface area contributed by atoms with Gasteiger partial charge in [-0.1, -0.05) is 103 Å². The Morgan fingerprint density at radius 3 is 1.05 bits per heavy atom. The molecule has 120 valence electrons. The maximum absolute atomic E-state index is 2.42. The van der Waals surface area contributed by atoms with E-state index in [9.17, 15) is 0 Å². The molecule has 0 aliphatic carbocycles. The summed E-state index contributed by atoms with van der Waals surface area (Å²) in [6, 6.07) is 0. The van der Waals surface area contributed by atoms with Crippen molar-refractivity contribution >= 4 is 0 Å². The molecule has 0 aromatic rings. The molecule has 0 aliphatic heterocycles. The van der Waals surface area contributed by atoms with Crippen LogP contribution in [0.2, 0.25) is 0 Å². The minimum atomic E-state index is 1.31. The molecule has 0 nitrogen and oxygen atoms in total. The number of unbranched alkanes of at least 4 members (excludes halogenated alkanes) is 14. The third-order valence-electron chi connectivity index (χ3n) is 4.12. The van der Waals surface area contributed by atoms with Gasteiger partial charge >= 0.3 is 0 Å². The fourth-order valence-electron chi connectivity index (χ4n) is 2.67. The zero-order valence-electron chi connectivity index (χ0n) is 14.5. The Hall–Kier alpha value is -0.260. The van der Waals surface area contributed by atoms with Crippen LogP contribution in [0.15, 0.2) is 12.2 Å². The zero-order valence-corrected chi connectivity index (χ0v) is 14.5. The Balaban J connectivity index is 3.01. The summed E-state index contributed by atoms with van der Waals surface area (Å²) in [7, 11) is 0. The predicted molar refractivity (Wildman–Crippen MR) is 94.4 cm³/mol. The summed E-state index contributed by atoms with van der Waals surface area (Å²) in [6.07, 6.45) is 27.4. The van der Waals surface area contributed by atoms with Gasteiger partial charge in [0, 0.05) is 0 Å². The van der Waals surface area contributed by atoms with Gasteiger partial charge in [-0.05, 0) is 25.7 Å². The summed E-state index contributed by atoms with van der Waals surface area (Å²) >= 11 is 0. The van der Waals surface area contributed by atoms with Crippen molar-refractivity contribution in [2.75, 3.05) is 0 Å². The topological polar surface area (TPSA) is 0 Å². The van der Waals surface area contributed by atoms with E-state index in [1.807, 2.05) is 0 Å². The van der Waals surface area contributed by atoms with Crippen LogP contribution in [0.5, 0.6) is 0 Å². The third kappa shape index (κ3) is 17.7. The lowest BCUT2D eigenvalue weighted by atomic mass is 10.1. The molecule has 0 aliphatic rings. The third-order valence-corrected chi connectivity index (χ3v) is 4.12. The van der Waals surface area contributed by atoms with E-state index in [2.05, 4.69) is 26.0 Å². The van der Waals surface area contributed by atoms with Crippen molar-refractivity contribution in [1.29, 1.82) is 0 Å². The summed E-state index contributed by atoms with van der Waals surface area (Å²) in [6.45, 7) is 4.58. The summed E-state index contributed by atoms with van der Waals surface area (Å²) in [4.78, 5) is 0. The molecule has 0 aromatic heterocycles. The summed E-state index contributed by atoms with van der Waals surface area (Å²) in [5.41, 5.74) is 0. The van der Waals surface area contributed by atoms with Gasteiger partial charge in [-0.25, -0.2) is 0 Å². The van der Waals surface area contributed by atoms with E-state index in [1.165, 1.54) is 103 Å². The van der Waals surface area contributed by atoms with Crippen LogP contribution in [0.25, 0.3) is 0 Å². The molecule has 0 heterocycles. The summed E-state index contributed by atoms with van der Waals surface area (Å²) in [5.74, 6) is 0. The second-order valence-corrected chi connectivity index (χ2v) is 6.29. The first-order valence-electron chi connectivity index (χ1n) is 9.56. The first-order chi connectivity index (χ1) is 9.91. The average Bonchev–Trinajstić information content (AvgIpc) is 2.47. The van der Waals surface area contributed by atoms with Crippen LogP contribution < -0.4 is 0 Å². The molecule has 0 spiro atoms. The molecule has 0 saturated heterocycles.